The van der Waals surface area contributed by atoms with Gasteiger partial charge in [0.2, 0.25) is 0 Å². The molecule has 0 spiro atoms. The molecule has 1 saturated heterocycles. The highest BCUT2D eigenvalue weighted by molar-refractivity contribution is 5.99. The summed E-state index contributed by atoms with van der Waals surface area (Å²) < 4.78 is 0. The summed E-state index contributed by atoms with van der Waals surface area (Å²) in [6.07, 6.45) is 0.261. The Kier molecular flexibility index (Phi) is 2.60. The molecule has 2 rings (SSSR count). The van der Waals surface area contributed by atoms with E-state index in [0.29, 0.717) is 30.8 Å². The number of nitrogens with two attached hydrogens (primary N) is 1. The van der Waals surface area contributed by atoms with Crippen LogP contribution in [0.5, 0.6) is 0 Å². The zero-order valence-electron chi connectivity index (χ0n) is 8.39. The van der Waals surface area contributed by atoms with Gasteiger partial charge in [-0.1, -0.05) is 12.1 Å². The summed E-state index contributed by atoms with van der Waals surface area (Å²) in [4.78, 5) is 13.6. The summed E-state index contributed by atoms with van der Waals surface area (Å²) in [5, 5.41) is 9.34. The van der Waals surface area contributed by atoms with Gasteiger partial charge in [0, 0.05) is 18.8 Å². The Hall–Kier alpha value is -1.55. The number of hydrogen-bond donors (Lipinski definition) is 2. The lowest BCUT2D eigenvalue weighted by molar-refractivity contribution is 0.0766. The molecule has 1 fully saturated rings. The summed E-state index contributed by atoms with van der Waals surface area (Å²) in [5.41, 5.74) is 6.72. The Labute approximate surface area is 88.3 Å². The molecule has 1 unspecified atom stereocenters. The Bertz CT molecular complexity index is 379. The van der Waals surface area contributed by atoms with E-state index in [4.69, 9.17) is 5.73 Å². The van der Waals surface area contributed by atoms with Gasteiger partial charge in [0.25, 0.3) is 5.91 Å². The molecule has 0 saturated carbocycles. The molecular formula is C11H14N2O2. The van der Waals surface area contributed by atoms with E-state index in [1.54, 1.807) is 29.2 Å². The van der Waals surface area contributed by atoms with Crippen molar-refractivity contribution in [3.8, 4) is 0 Å². The fourth-order valence-corrected chi connectivity index (χ4v) is 1.79. The van der Waals surface area contributed by atoms with Gasteiger partial charge in [-0.25, -0.2) is 0 Å². The molecule has 15 heavy (non-hydrogen) atoms. The van der Waals surface area contributed by atoms with Crippen molar-refractivity contribution in [3.05, 3.63) is 29.8 Å². The van der Waals surface area contributed by atoms with Crippen LogP contribution in [0.15, 0.2) is 24.3 Å². The first kappa shape index (κ1) is 9.98. The number of para-hydroxylation sites is 1. The average molecular weight is 206 g/mol. The van der Waals surface area contributed by atoms with E-state index in [0.717, 1.165) is 0 Å². The number of nitrogen functional groups attached to an aromatic ring is 1. The van der Waals surface area contributed by atoms with Gasteiger partial charge in [-0.3, -0.25) is 4.79 Å². The van der Waals surface area contributed by atoms with E-state index in [9.17, 15) is 9.90 Å². The van der Waals surface area contributed by atoms with Crippen molar-refractivity contribution in [2.24, 2.45) is 0 Å². The molecule has 0 aliphatic carbocycles. The summed E-state index contributed by atoms with van der Waals surface area (Å²) in [7, 11) is 0. The second-order valence-corrected chi connectivity index (χ2v) is 3.78. The van der Waals surface area contributed by atoms with Gasteiger partial charge >= 0.3 is 0 Å². The third-order valence-corrected chi connectivity index (χ3v) is 2.64. The van der Waals surface area contributed by atoms with Gasteiger partial charge in [-0.2, -0.15) is 0 Å². The van der Waals surface area contributed by atoms with Gasteiger partial charge in [0.15, 0.2) is 0 Å². The number of anilines is 1. The van der Waals surface area contributed by atoms with Crippen LogP contribution >= 0.6 is 0 Å². The largest absolute Gasteiger partial charge is 0.398 e. The van der Waals surface area contributed by atoms with Crippen molar-refractivity contribution in [1.82, 2.24) is 4.90 Å². The van der Waals surface area contributed by atoms with Crippen LogP contribution < -0.4 is 5.73 Å². The van der Waals surface area contributed by atoms with Gasteiger partial charge in [0.1, 0.15) is 0 Å². The van der Waals surface area contributed by atoms with Crippen LogP contribution in [-0.2, 0) is 0 Å². The SMILES string of the molecule is Nc1ccccc1C(=O)N1CCC(O)C1. The molecule has 1 aromatic rings. The third-order valence-electron chi connectivity index (χ3n) is 2.64. The van der Waals surface area contributed by atoms with E-state index >= 15 is 0 Å². The lowest BCUT2D eigenvalue weighted by Gasteiger charge is -2.16. The van der Waals surface area contributed by atoms with Crippen molar-refractivity contribution >= 4 is 11.6 Å². The van der Waals surface area contributed by atoms with Crippen molar-refractivity contribution < 1.29 is 9.90 Å². The fourth-order valence-electron chi connectivity index (χ4n) is 1.79. The van der Waals surface area contributed by atoms with Gasteiger partial charge in [0.05, 0.1) is 11.7 Å². The van der Waals surface area contributed by atoms with Crippen LogP contribution in [0.3, 0.4) is 0 Å². The molecule has 4 nitrogen and oxygen atoms in total. The molecule has 1 aliphatic rings. The van der Waals surface area contributed by atoms with Gasteiger partial charge in [-0.05, 0) is 18.6 Å². The van der Waals surface area contributed by atoms with Crippen molar-refractivity contribution in [2.75, 3.05) is 18.8 Å². The van der Waals surface area contributed by atoms with Crippen LogP contribution in [0.1, 0.15) is 16.8 Å². The highest BCUT2D eigenvalue weighted by Gasteiger charge is 2.26. The van der Waals surface area contributed by atoms with Crippen LogP contribution in [0.25, 0.3) is 0 Å². The zero-order valence-corrected chi connectivity index (χ0v) is 8.39. The predicted molar refractivity (Wildman–Crippen MR) is 57.4 cm³/mol. The lowest BCUT2D eigenvalue weighted by Crippen LogP contribution is -2.30. The number of aliphatic hydroxyl groups excluding tert-OH is 1. The van der Waals surface area contributed by atoms with Crippen LogP contribution in [0.2, 0.25) is 0 Å². The van der Waals surface area contributed by atoms with E-state index < -0.39 is 0 Å². The molecule has 0 radical (unpaired) electrons. The lowest BCUT2D eigenvalue weighted by atomic mass is 10.1. The Morgan fingerprint density at radius 2 is 2.20 bits per heavy atom. The number of amides is 1. The summed E-state index contributed by atoms with van der Waals surface area (Å²) >= 11 is 0. The number of nitrogens with zero attached hydrogens (tertiary/aromatic N) is 1. The normalized spacial score (nSPS) is 20.6. The quantitative estimate of drug-likeness (QED) is 0.657. The highest BCUT2D eigenvalue weighted by atomic mass is 16.3. The molecule has 0 aromatic heterocycles. The predicted octanol–water partition coefficient (Wildman–Crippen LogP) is 0.476. The Morgan fingerprint density at radius 3 is 2.80 bits per heavy atom. The minimum Gasteiger partial charge on any atom is -0.398 e. The van der Waals surface area contributed by atoms with Gasteiger partial charge < -0.3 is 15.7 Å². The molecule has 80 valence electrons. The molecular weight excluding hydrogens is 192 g/mol. The Morgan fingerprint density at radius 1 is 1.47 bits per heavy atom. The molecule has 0 bridgehead atoms. The molecule has 3 N–H and O–H groups in total. The van der Waals surface area contributed by atoms with E-state index in [1.807, 2.05) is 0 Å². The third kappa shape index (κ3) is 1.94. The molecule has 1 aromatic carbocycles. The summed E-state index contributed by atoms with van der Waals surface area (Å²) in [6, 6.07) is 7.00. The first-order valence-electron chi connectivity index (χ1n) is 5.00. The van der Waals surface area contributed by atoms with Crippen molar-refractivity contribution in [3.63, 3.8) is 0 Å². The smallest absolute Gasteiger partial charge is 0.256 e. The fraction of sp³-hybridized carbons (Fsp3) is 0.364. The van der Waals surface area contributed by atoms with Crippen LogP contribution in [0.4, 0.5) is 5.69 Å². The molecule has 1 aliphatic heterocycles. The second kappa shape index (κ2) is 3.90. The van der Waals surface area contributed by atoms with Crippen molar-refractivity contribution in [2.45, 2.75) is 12.5 Å². The molecule has 4 heteroatoms. The minimum atomic E-state index is -0.390. The van der Waals surface area contributed by atoms with E-state index in [1.165, 1.54) is 0 Å². The number of β-amino-alcohol motifs (C(OH)–C–C–N with tert-alkyl or cyclic N) is 1. The molecule has 1 amide bonds. The number of rotatable bonds is 1. The number of likely N-dealkylation sites (tertiary alicyclic amines) is 1. The second-order valence-electron chi connectivity index (χ2n) is 3.78. The van der Waals surface area contributed by atoms with E-state index in [-0.39, 0.29) is 12.0 Å². The molecule has 1 heterocycles. The first-order chi connectivity index (χ1) is 7.18. The van der Waals surface area contributed by atoms with Crippen LogP contribution in [0, 0.1) is 0 Å². The average Bonchev–Trinajstić information content (AvgIpc) is 2.65. The number of carbonyl (C=O) groups is 1. The maximum Gasteiger partial charge on any atom is 0.256 e. The maximum absolute atomic E-state index is 11.9. The standard InChI is InChI=1S/C11H14N2O2/c12-10-4-2-1-3-9(10)11(15)13-6-5-8(14)7-13/h1-4,8,14H,5-7,12H2. The number of carbonyl (C=O) groups excluding carboxylic acids is 1. The number of hydrogen-bond acceptors (Lipinski definition) is 3. The maximum atomic E-state index is 11.9. The number of aliphatic hydroxyl groups is 1. The molecule has 1 atom stereocenters. The minimum absolute atomic E-state index is 0.0929. The van der Waals surface area contributed by atoms with E-state index in [2.05, 4.69) is 0 Å². The Balaban J connectivity index is 2.18. The summed E-state index contributed by atoms with van der Waals surface area (Å²) in [6.45, 7) is 1.02. The van der Waals surface area contributed by atoms with Gasteiger partial charge in [-0.15, -0.1) is 0 Å². The van der Waals surface area contributed by atoms with Crippen molar-refractivity contribution in [1.29, 1.82) is 0 Å². The number of benzene rings is 1. The topological polar surface area (TPSA) is 66.6 Å². The summed E-state index contributed by atoms with van der Waals surface area (Å²) in [5.74, 6) is -0.0929. The highest BCUT2D eigenvalue weighted by Crippen LogP contribution is 2.17. The monoisotopic (exact) mass is 206 g/mol. The first-order valence-corrected chi connectivity index (χ1v) is 5.00. The zero-order chi connectivity index (χ0) is 10.8. The van der Waals surface area contributed by atoms with Crippen LogP contribution in [-0.4, -0.2) is 35.1 Å².